The molecule has 0 aromatic carbocycles. The van der Waals surface area contributed by atoms with Crippen LogP contribution in [0.1, 0.15) is 42.8 Å². The van der Waals surface area contributed by atoms with E-state index in [1.165, 1.54) is 30.6 Å². The van der Waals surface area contributed by atoms with Gasteiger partial charge in [0.2, 0.25) is 5.91 Å². The summed E-state index contributed by atoms with van der Waals surface area (Å²) in [7, 11) is 2.16. The number of likely N-dealkylation sites (tertiary alicyclic amines) is 1. The van der Waals surface area contributed by atoms with Gasteiger partial charge >= 0.3 is 0 Å². The number of rotatable bonds is 6. The number of aryl methyl sites for hydroxylation is 1. The Morgan fingerprint density at radius 1 is 1.52 bits per heavy atom. The fourth-order valence-corrected chi connectivity index (χ4v) is 3.84. The molecule has 118 valence electrons. The molecule has 1 atom stereocenters. The molecule has 1 amide bonds. The number of thiazole rings is 1. The quantitative estimate of drug-likeness (QED) is 0.872. The summed E-state index contributed by atoms with van der Waals surface area (Å²) in [4.78, 5) is 18.6. The Kier molecular flexibility index (Phi) is 6.45. The minimum atomic E-state index is 0.147. The summed E-state index contributed by atoms with van der Waals surface area (Å²) in [6.45, 7) is 3.71. The molecule has 2 rings (SSSR count). The number of amides is 1. The van der Waals surface area contributed by atoms with Crippen molar-refractivity contribution in [2.24, 2.45) is 0 Å². The molecule has 6 heteroatoms. The molecule has 1 unspecified atom stereocenters. The van der Waals surface area contributed by atoms with E-state index in [1.807, 2.05) is 6.92 Å². The lowest BCUT2D eigenvalue weighted by molar-refractivity contribution is -0.121. The van der Waals surface area contributed by atoms with Crippen LogP contribution in [0.4, 0.5) is 0 Å². The first-order valence-corrected chi connectivity index (χ1v) is 8.84. The number of nitrogens with zero attached hydrogens (tertiary/aromatic N) is 2. The second-order valence-corrected chi connectivity index (χ2v) is 7.42. The maximum Gasteiger partial charge on any atom is 0.220 e. The molecule has 1 N–H and O–H groups in total. The number of carbonyl (C=O) groups excluding carboxylic acids is 1. The van der Waals surface area contributed by atoms with E-state index in [4.69, 9.17) is 11.6 Å². The molecule has 0 aliphatic carbocycles. The second-order valence-electron chi connectivity index (χ2n) is 5.74. The molecule has 1 aliphatic heterocycles. The Bertz CT molecular complexity index is 458. The number of hydrogen-bond acceptors (Lipinski definition) is 4. The van der Waals surface area contributed by atoms with E-state index in [0.717, 1.165) is 34.4 Å². The van der Waals surface area contributed by atoms with Crippen LogP contribution in [0, 0.1) is 6.92 Å². The highest BCUT2D eigenvalue weighted by Crippen LogP contribution is 2.23. The predicted octanol–water partition coefficient (Wildman–Crippen LogP) is 3.03. The van der Waals surface area contributed by atoms with Crippen molar-refractivity contribution in [2.75, 3.05) is 20.1 Å². The molecule has 2 heterocycles. The number of piperidine rings is 1. The zero-order valence-electron chi connectivity index (χ0n) is 12.8. The number of halogens is 1. The van der Waals surface area contributed by atoms with Gasteiger partial charge in [-0.2, -0.15) is 0 Å². The van der Waals surface area contributed by atoms with E-state index in [0.29, 0.717) is 19.0 Å². The van der Waals surface area contributed by atoms with Crippen LogP contribution in [0.3, 0.4) is 0 Å². The van der Waals surface area contributed by atoms with Gasteiger partial charge in [0, 0.05) is 25.4 Å². The highest BCUT2D eigenvalue weighted by molar-refractivity contribution is 7.16. The molecule has 1 saturated heterocycles. The normalized spacial score (nSPS) is 19.7. The lowest BCUT2D eigenvalue weighted by Crippen LogP contribution is -2.37. The highest BCUT2D eigenvalue weighted by Gasteiger charge is 2.19. The predicted molar refractivity (Wildman–Crippen MR) is 88.1 cm³/mol. The van der Waals surface area contributed by atoms with E-state index < -0.39 is 0 Å². The summed E-state index contributed by atoms with van der Waals surface area (Å²) < 4.78 is 0.747. The Morgan fingerprint density at radius 3 is 3.00 bits per heavy atom. The SMILES string of the molecule is Cc1nc(CCNC(=O)CCC2CCCCN2C)sc1Cl. The minimum absolute atomic E-state index is 0.147. The van der Waals surface area contributed by atoms with Crippen LogP contribution in [-0.4, -0.2) is 42.0 Å². The Hall–Kier alpha value is -0.650. The molecule has 1 aliphatic rings. The molecule has 1 fully saturated rings. The molecular formula is C15H24ClN3OS. The fourth-order valence-electron chi connectivity index (χ4n) is 2.74. The zero-order chi connectivity index (χ0) is 15.2. The lowest BCUT2D eigenvalue weighted by Gasteiger charge is -2.32. The van der Waals surface area contributed by atoms with Gasteiger partial charge < -0.3 is 10.2 Å². The maximum absolute atomic E-state index is 11.9. The van der Waals surface area contributed by atoms with Gasteiger partial charge in [-0.3, -0.25) is 4.79 Å². The van der Waals surface area contributed by atoms with Gasteiger partial charge in [0.1, 0.15) is 4.34 Å². The van der Waals surface area contributed by atoms with Crippen LogP contribution in [0.15, 0.2) is 0 Å². The van der Waals surface area contributed by atoms with Crippen molar-refractivity contribution in [3.63, 3.8) is 0 Å². The average Bonchev–Trinajstić information content (AvgIpc) is 2.77. The third kappa shape index (κ3) is 5.24. The van der Waals surface area contributed by atoms with Gasteiger partial charge in [-0.15, -0.1) is 11.3 Å². The van der Waals surface area contributed by atoms with Gasteiger partial charge in [-0.1, -0.05) is 18.0 Å². The lowest BCUT2D eigenvalue weighted by atomic mass is 9.98. The van der Waals surface area contributed by atoms with Gasteiger partial charge in [0.25, 0.3) is 0 Å². The van der Waals surface area contributed by atoms with Crippen molar-refractivity contribution >= 4 is 28.8 Å². The zero-order valence-corrected chi connectivity index (χ0v) is 14.4. The summed E-state index contributed by atoms with van der Waals surface area (Å²) >= 11 is 7.48. The van der Waals surface area contributed by atoms with Crippen LogP contribution < -0.4 is 5.32 Å². The van der Waals surface area contributed by atoms with Gasteiger partial charge in [0.15, 0.2) is 0 Å². The number of nitrogens with one attached hydrogen (secondary N) is 1. The minimum Gasteiger partial charge on any atom is -0.356 e. The van der Waals surface area contributed by atoms with Gasteiger partial charge in [0.05, 0.1) is 10.7 Å². The largest absolute Gasteiger partial charge is 0.356 e. The monoisotopic (exact) mass is 329 g/mol. The first-order chi connectivity index (χ1) is 10.1. The van der Waals surface area contributed by atoms with Crippen molar-refractivity contribution < 1.29 is 4.79 Å². The van der Waals surface area contributed by atoms with Crippen LogP contribution in [0.25, 0.3) is 0 Å². The van der Waals surface area contributed by atoms with Crippen molar-refractivity contribution in [1.29, 1.82) is 0 Å². The Balaban J connectivity index is 1.63. The van der Waals surface area contributed by atoms with E-state index in [1.54, 1.807) is 0 Å². The molecule has 0 saturated carbocycles. The van der Waals surface area contributed by atoms with Crippen molar-refractivity contribution in [1.82, 2.24) is 15.2 Å². The van der Waals surface area contributed by atoms with Crippen LogP contribution in [-0.2, 0) is 11.2 Å². The van der Waals surface area contributed by atoms with Gasteiger partial charge in [-0.25, -0.2) is 4.98 Å². The highest BCUT2D eigenvalue weighted by atomic mass is 35.5. The van der Waals surface area contributed by atoms with Crippen molar-refractivity contribution in [3.05, 3.63) is 15.0 Å². The Labute approximate surface area is 135 Å². The smallest absolute Gasteiger partial charge is 0.220 e. The topological polar surface area (TPSA) is 45.2 Å². The summed E-state index contributed by atoms with van der Waals surface area (Å²) in [5.41, 5.74) is 0.878. The summed E-state index contributed by atoms with van der Waals surface area (Å²) in [5, 5.41) is 3.97. The molecule has 1 aromatic heterocycles. The molecule has 0 radical (unpaired) electrons. The standard InChI is InChI=1S/C15H24ClN3OS/c1-11-15(16)21-14(18-11)8-9-17-13(20)7-6-12-5-3-4-10-19(12)2/h12H,3-10H2,1-2H3,(H,17,20). The van der Waals surface area contributed by atoms with Crippen LogP contribution in [0.2, 0.25) is 4.34 Å². The van der Waals surface area contributed by atoms with Crippen molar-refractivity contribution in [2.45, 2.75) is 51.5 Å². The first-order valence-electron chi connectivity index (χ1n) is 7.65. The third-order valence-electron chi connectivity index (χ3n) is 4.07. The summed E-state index contributed by atoms with van der Waals surface area (Å²) in [5.74, 6) is 0.147. The van der Waals surface area contributed by atoms with E-state index in [2.05, 4.69) is 22.2 Å². The number of carbonyl (C=O) groups is 1. The summed E-state index contributed by atoms with van der Waals surface area (Å²) in [6, 6.07) is 0.574. The first kappa shape index (κ1) is 16.7. The number of aromatic nitrogens is 1. The number of hydrogen-bond donors (Lipinski definition) is 1. The van der Waals surface area contributed by atoms with Gasteiger partial charge in [-0.05, 0) is 39.8 Å². The second kappa shape index (κ2) is 8.11. The van der Waals surface area contributed by atoms with E-state index >= 15 is 0 Å². The van der Waals surface area contributed by atoms with Crippen LogP contribution in [0.5, 0.6) is 0 Å². The molecule has 0 bridgehead atoms. The molecule has 1 aromatic rings. The Morgan fingerprint density at radius 2 is 2.33 bits per heavy atom. The van der Waals surface area contributed by atoms with E-state index in [9.17, 15) is 4.79 Å². The third-order valence-corrected chi connectivity index (χ3v) is 5.58. The summed E-state index contributed by atoms with van der Waals surface area (Å²) in [6.07, 6.45) is 6.14. The van der Waals surface area contributed by atoms with Crippen molar-refractivity contribution in [3.8, 4) is 0 Å². The maximum atomic E-state index is 11.9. The van der Waals surface area contributed by atoms with Crippen LogP contribution >= 0.6 is 22.9 Å². The fraction of sp³-hybridized carbons (Fsp3) is 0.733. The molecule has 21 heavy (non-hydrogen) atoms. The van der Waals surface area contributed by atoms with E-state index in [-0.39, 0.29) is 5.91 Å². The molecule has 0 spiro atoms. The average molecular weight is 330 g/mol. The molecule has 4 nitrogen and oxygen atoms in total. The molecular weight excluding hydrogens is 306 g/mol.